The van der Waals surface area contributed by atoms with Gasteiger partial charge in [0.25, 0.3) is 5.91 Å². The molecule has 1 aromatic carbocycles. The van der Waals surface area contributed by atoms with Gasteiger partial charge in [0.1, 0.15) is 0 Å². The van der Waals surface area contributed by atoms with E-state index in [-0.39, 0.29) is 36.8 Å². The zero-order chi connectivity index (χ0) is 15.5. The molecule has 0 aliphatic carbocycles. The monoisotopic (exact) mass is 387 g/mol. The fourth-order valence-corrected chi connectivity index (χ4v) is 2.82. The first-order chi connectivity index (χ1) is 10.6. The highest BCUT2D eigenvalue weighted by atomic mass is 35.5. The maximum Gasteiger partial charge on any atom is 0.255 e. The minimum absolute atomic E-state index is 0. The first kappa shape index (κ1) is 20.7. The SMILES string of the molecule is CN(C(=O)c1cncc(-c2ccc(Cl)cc2)c1)C1CCNC1.Cl.Cl. The minimum atomic E-state index is 0. The van der Waals surface area contributed by atoms with Crippen molar-refractivity contribution in [2.75, 3.05) is 20.1 Å². The molecular formula is C17H20Cl3N3O. The zero-order valence-electron chi connectivity index (χ0n) is 13.2. The van der Waals surface area contributed by atoms with E-state index in [2.05, 4.69) is 10.3 Å². The highest BCUT2D eigenvalue weighted by Crippen LogP contribution is 2.22. The van der Waals surface area contributed by atoms with Crippen LogP contribution in [-0.2, 0) is 0 Å². The first-order valence-electron chi connectivity index (χ1n) is 7.34. The molecule has 1 atom stereocenters. The Balaban J connectivity index is 0.00000144. The molecule has 1 N–H and O–H groups in total. The summed E-state index contributed by atoms with van der Waals surface area (Å²) >= 11 is 5.91. The number of likely N-dealkylation sites (N-methyl/N-ethyl adjacent to an activating group) is 1. The Labute approximate surface area is 159 Å². The summed E-state index contributed by atoms with van der Waals surface area (Å²) in [7, 11) is 1.86. The van der Waals surface area contributed by atoms with Crippen molar-refractivity contribution in [2.24, 2.45) is 0 Å². The van der Waals surface area contributed by atoms with E-state index in [0.29, 0.717) is 10.6 Å². The number of amides is 1. The Bertz CT molecular complexity index is 673. The number of benzene rings is 1. The van der Waals surface area contributed by atoms with Crippen LogP contribution in [0.1, 0.15) is 16.8 Å². The Morgan fingerprint density at radius 1 is 1.21 bits per heavy atom. The first-order valence-corrected chi connectivity index (χ1v) is 7.72. The molecule has 1 unspecified atom stereocenters. The highest BCUT2D eigenvalue weighted by molar-refractivity contribution is 6.30. The molecule has 2 aromatic rings. The molecule has 7 heteroatoms. The number of hydrogen-bond acceptors (Lipinski definition) is 3. The van der Waals surface area contributed by atoms with Gasteiger partial charge in [-0.15, -0.1) is 24.8 Å². The summed E-state index contributed by atoms with van der Waals surface area (Å²) < 4.78 is 0. The maximum atomic E-state index is 12.6. The van der Waals surface area contributed by atoms with Gasteiger partial charge in [-0.3, -0.25) is 9.78 Å². The van der Waals surface area contributed by atoms with Crippen LogP contribution in [-0.4, -0.2) is 42.0 Å². The predicted molar refractivity (Wildman–Crippen MR) is 103 cm³/mol. The Morgan fingerprint density at radius 2 is 1.92 bits per heavy atom. The standard InChI is InChI=1S/C17H18ClN3O.2ClH/c1-21(16-6-7-19-11-16)17(22)14-8-13(9-20-10-14)12-2-4-15(18)5-3-12;;/h2-5,8-10,16,19H,6-7,11H2,1H3;2*1H. The maximum absolute atomic E-state index is 12.6. The van der Waals surface area contributed by atoms with Crippen molar-refractivity contribution in [3.05, 3.63) is 53.3 Å². The molecule has 0 saturated carbocycles. The molecule has 0 bridgehead atoms. The molecule has 3 rings (SSSR count). The second-order valence-electron chi connectivity index (χ2n) is 5.53. The highest BCUT2D eigenvalue weighted by Gasteiger charge is 2.24. The molecule has 1 amide bonds. The molecule has 0 spiro atoms. The predicted octanol–water partition coefficient (Wildman–Crippen LogP) is 3.68. The molecule has 1 fully saturated rings. The molecule has 2 heterocycles. The number of carbonyl (C=O) groups excluding carboxylic acids is 1. The van der Waals surface area contributed by atoms with Crippen LogP contribution in [0.15, 0.2) is 42.7 Å². The smallest absolute Gasteiger partial charge is 0.255 e. The van der Waals surface area contributed by atoms with E-state index in [4.69, 9.17) is 11.6 Å². The Hall–Kier alpha value is -1.33. The second kappa shape index (κ2) is 9.23. The Morgan fingerprint density at radius 3 is 2.54 bits per heavy atom. The Kier molecular flexibility index (Phi) is 7.97. The van der Waals surface area contributed by atoms with Gasteiger partial charge in [-0.2, -0.15) is 0 Å². The lowest BCUT2D eigenvalue weighted by atomic mass is 10.1. The fourth-order valence-electron chi connectivity index (χ4n) is 2.70. The third kappa shape index (κ3) is 4.61. The van der Waals surface area contributed by atoms with E-state index in [1.54, 1.807) is 12.4 Å². The van der Waals surface area contributed by atoms with Gasteiger partial charge in [0, 0.05) is 42.6 Å². The van der Waals surface area contributed by atoms with Crippen LogP contribution >= 0.6 is 36.4 Å². The fraction of sp³-hybridized carbons (Fsp3) is 0.294. The summed E-state index contributed by atoms with van der Waals surface area (Å²) in [6.45, 7) is 1.82. The third-order valence-electron chi connectivity index (χ3n) is 4.07. The van der Waals surface area contributed by atoms with Crippen molar-refractivity contribution in [3.8, 4) is 11.1 Å². The van der Waals surface area contributed by atoms with Crippen LogP contribution in [0.2, 0.25) is 5.02 Å². The molecule has 1 saturated heterocycles. The summed E-state index contributed by atoms with van der Waals surface area (Å²) in [5.41, 5.74) is 2.53. The lowest BCUT2D eigenvalue weighted by molar-refractivity contribution is 0.0743. The molecule has 24 heavy (non-hydrogen) atoms. The zero-order valence-corrected chi connectivity index (χ0v) is 15.6. The lowest BCUT2D eigenvalue weighted by Gasteiger charge is -2.23. The minimum Gasteiger partial charge on any atom is -0.337 e. The summed E-state index contributed by atoms with van der Waals surface area (Å²) in [5.74, 6) is 0.0111. The van der Waals surface area contributed by atoms with Crippen molar-refractivity contribution in [1.29, 1.82) is 0 Å². The summed E-state index contributed by atoms with van der Waals surface area (Å²) in [6, 6.07) is 9.67. The largest absolute Gasteiger partial charge is 0.337 e. The van der Waals surface area contributed by atoms with Crippen LogP contribution in [0.3, 0.4) is 0 Å². The number of nitrogens with one attached hydrogen (secondary N) is 1. The average molecular weight is 389 g/mol. The topological polar surface area (TPSA) is 45.2 Å². The van der Waals surface area contributed by atoms with Crippen LogP contribution in [0, 0.1) is 0 Å². The molecule has 130 valence electrons. The van der Waals surface area contributed by atoms with Gasteiger partial charge in [-0.1, -0.05) is 23.7 Å². The van der Waals surface area contributed by atoms with E-state index < -0.39 is 0 Å². The summed E-state index contributed by atoms with van der Waals surface area (Å²) in [4.78, 5) is 18.6. The van der Waals surface area contributed by atoms with Crippen LogP contribution in [0.25, 0.3) is 11.1 Å². The van der Waals surface area contributed by atoms with E-state index in [9.17, 15) is 4.79 Å². The number of pyridine rings is 1. The van der Waals surface area contributed by atoms with Gasteiger partial charge >= 0.3 is 0 Å². The average Bonchev–Trinajstić information content (AvgIpc) is 3.09. The quantitative estimate of drug-likeness (QED) is 0.872. The van der Waals surface area contributed by atoms with E-state index in [0.717, 1.165) is 30.6 Å². The number of halogens is 3. The molecule has 1 aromatic heterocycles. The van der Waals surface area contributed by atoms with E-state index in [1.807, 2.05) is 42.3 Å². The normalized spacial score (nSPS) is 16.0. The molecule has 0 radical (unpaired) electrons. The molecular weight excluding hydrogens is 369 g/mol. The van der Waals surface area contributed by atoms with E-state index >= 15 is 0 Å². The van der Waals surface area contributed by atoms with Gasteiger partial charge < -0.3 is 10.2 Å². The van der Waals surface area contributed by atoms with E-state index in [1.165, 1.54) is 0 Å². The van der Waals surface area contributed by atoms with Crippen molar-refractivity contribution in [2.45, 2.75) is 12.5 Å². The van der Waals surface area contributed by atoms with Crippen molar-refractivity contribution >= 4 is 42.3 Å². The molecule has 4 nitrogen and oxygen atoms in total. The van der Waals surface area contributed by atoms with Gasteiger partial charge in [0.15, 0.2) is 0 Å². The summed E-state index contributed by atoms with van der Waals surface area (Å²) in [5, 5.41) is 3.97. The molecule has 1 aliphatic rings. The number of hydrogen-bond donors (Lipinski definition) is 1. The van der Waals surface area contributed by atoms with Crippen molar-refractivity contribution in [3.63, 3.8) is 0 Å². The number of aromatic nitrogens is 1. The number of rotatable bonds is 3. The van der Waals surface area contributed by atoms with Crippen molar-refractivity contribution in [1.82, 2.24) is 15.2 Å². The molecule has 1 aliphatic heterocycles. The van der Waals surface area contributed by atoms with Gasteiger partial charge in [0.2, 0.25) is 0 Å². The van der Waals surface area contributed by atoms with Gasteiger partial charge in [0.05, 0.1) is 5.56 Å². The lowest BCUT2D eigenvalue weighted by Crippen LogP contribution is -2.38. The van der Waals surface area contributed by atoms with Gasteiger partial charge in [-0.05, 0) is 36.7 Å². The number of carbonyl (C=O) groups is 1. The van der Waals surface area contributed by atoms with Crippen LogP contribution < -0.4 is 5.32 Å². The number of nitrogens with zero attached hydrogens (tertiary/aromatic N) is 2. The van der Waals surface area contributed by atoms with Crippen LogP contribution in [0.5, 0.6) is 0 Å². The van der Waals surface area contributed by atoms with Crippen molar-refractivity contribution < 1.29 is 4.79 Å². The van der Waals surface area contributed by atoms with Crippen LogP contribution in [0.4, 0.5) is 0 Å². The second-order valence-corrected chi connectivity index (χ2v) is 5.97. The third-order valence-corrected chi connectivity index (χ3v) is 4.32. The summed E-state index contributed by atoms with van der Waals surface area (Å²) in [6.07, 6.45) is 4.38. The van der Waals surface area contributed by atoms with Gasteiger partial charge in [-0.25, -0.2) is 0 Å².